The van der Waals surface area contributed by atoms with E-state index >= 15 is 0 Å². The van der Waals surface area contributed by atoms with Crippen LogP contribution in [0.25, 0.3) is 0 Å². The number of esters is 3. The number of hydrogen-bond acceptors (Lipinski definition) is 6. The average molecular weight is 839 g/mol. The summed E-state index contributed by atoms with van der Waals surface area (Å²) in [5.41, 5.74) is 0. The van der Waals surface area contributed by atoms with Crippen molar-refractivity contribution in [2.24, 2.45) is 0 Å². The van der Waals surface area contributed by atoms with Gasteiger partial charge < -0.3 is 14.2 Å². The van der Waals surface area contributed by atoms with Crippen LogP contribution >= 0.6 is 0 Å². The second-order valence-corrected chi connectivity index (χ2v) is 16.7. The molecule has 0 aromatic carbocycles. The van der Waals surface area contributed by atoms with E-state index in [0.29, 0.717) is 19.3 Å². The Bertz CT molecular complexity index is 1100. The van der Waals surface area contributed by atoms with Gasteiger partial charge in [-0.2, -0.15) is 0 Å². The third-order valence-corrected chi connectivity index (χ3v) is 10.7. The fourth-order valence-corrected chi connectivity index (χ4v) is 6.88. The van der Waals surface area contributed by atoms with E-state index in [1.165, 1.54) is 96.3 Å². The van der Waals surface area contributed by atoms with Gasteiger partial charge in [0.15, 0.2) is 6.10 Å². The fraction of sp³-hybridized carbons (Fsp3) is 0.759. The summed E-state index contributed by atoms with van der Waals surface area (Å²) in [5.74, 6) is -0.921. The van der Waals surface area contributed by atoms with Crippen LogP contribution < -0.4 is 0 Å². The van der Waals surface area contributed by atoms with Crippen LogP contribution in [-0.2, 0) is 28.6 Å². The summed E-state index contributed by atoms with van der Waals surface area (Å²) in [7, 11) is 0. The van der Waals surface area contributed by atoms with Crippen molar-refractivity contribution >= 4 is 17.9 Å². The smallest absolute Gasteiger partial charge is 0.306 e. The second-order valence-electron chi connectivity index (χ2n) is 16.7. The molecule has 0 bridgehead atoms. The number of rotatable bonds is 45. The minimum Gasteiger partial charge on any atom is -0.462 e. The van der Waals surface area contributed by atoms with E-state index < -0.39 is 6.10 Å². The molecule has 0 aromatic rings. The Morgan fingerprint density at radius 1 is 0.333 bits per heavy atom. The molecular formula is C54H94O6. The van der Waals surface area contributed by atoms with Crippen molar-refractivity contribution in [3.63, 3.8) is 0 Å². The third-order valence-electron chi connectivity index (χ3n) is 10.7. The summed E-state index contributed by atoms with van der Waals surface area (Å²) in [5, 5.41) is 0. The molecule has 1 atom stereocenters. The molecule has 0 aliphatic heterocycles. The van der Waals surface area contributed by atoms with E-state index in [1.807, 2.05) is 0 Å². The van der Waals surface area contributed by atoms with Gasteiger partial charge in [-0.05, 0) is 83.5 Å². The molecule has 0 rings (SSSR count). The quantitative estimate of drug-likeness (QED) is 0.0263. The van der Waals surface area contributed by atoms with Gasteiger partial charge in [-0.1, -0.05) is 204 Å². The van der Waals surface area contributed by atoms with Gasteiger partial charge in [0.2, 0.25) is 0 Å². The number of carbonyl (C=O) groups is 3. The zero-order valence-electron chi connectivity index (χ0n) is 39.5. The maximum Gasteiger partial charge on any atom is 0.306 e. The van der Waals surface area contributed by atoms with E-state index in [0.717, 1.165) is 109 Å². The third kappa shape index (κ3) is 46.2. The molecule has 0 amide bonds. The molecular weight excluding hydrogens is 745 g/mol. The first kappa shape index (κ1) is 57.1. The molecule has 0 fully saturated rings. The Balaban J connectivity index is 4.42. The van der Waals surface area contributed by atoms with Gasteiger partial charge in [0, 0.05) is 19.3 Å². The Hall–Kier alpha value is -2.89. The molecule has 60 heavy (non-hydrogen) atoms. The van der Waals surface area contributed by atoms with Crippen LogP contribution in [0.2, 0.25) is 0 Å². The maximum atomic E-state index is 12.8. The first-order chi connectivity index (χ1) is 29.5. The van der Waals surface area contributed by atoms with E-state index in [9.17, 15) is 14.4 Å². The van der Waals surface area contributed by atoms with Crippen LogP contribution in [0.1, 0.15) is 245 Å². The molecule has 0 saturated carbocycles. The predicted octanol–water partition coefficient (Wildman–Crippen LogP) is 16.5. The van der Waals surface area contributed by atoms with Gasteiger partial charge in [0.05, 0.1) is 0 Å². The second kappa shape index (κ2) is 48.8. The van der Waals surface area contributed by atoms with E-state index in [-0.39, 0.29) is 31.1 Å². The lowest BCUT2D eigenvalue weighted by molar-refractivity contribution is -0.167. The van der Waals surface area contributed by atoms with E-state index in [1.54, 1.807) is 0 Å². The Morgan fingerprint density at radius 2 is 0.617 bits per heavy atom. The van der Waals surface area contributed by atoms with Crippen molar-refractivity contribution < 1.29 is 28.6 Å². The van der Waals surface area contributed by atoms with Crippen molar-refractivity contribution in [2.45, 2.75) is 252 Å². The fourth-order valence-electron chi connectivity index (χ4n) is 6.88. The highest BCUT2D eigenvalue weighted by molar-refractivity contribution is 5.71. The highest BCUT2D eigenvalue weighted by Crippen LogP contribution is 2.14. The maximum absolute atomic E-state index is 12.8. The normalized spacial score (nSPS) is 12.5. The van der Waals surface area contributed by atoms with Gasteiger partial charge in [0.25, 0.3) is 0 Å². The van der Waals surface area contributed by atoms with Crippen LogP contribution in [-0.4, -0.2) is 37.2 Å². The molecule has 0 heterocycles. The first-order valence-corrected chi connectivity index (χ1v) is 25.3. The van der Waals surface area contributed by atoms with Crippen molar-refractivity contribution in [3.8, 4) is 0 Å². The summed E-state index contributed by atoms with van der Waals surface area (Å²) >= 11 is 0. The molecule has 346 valence electrons. The van der Waals surface area contributed by atoms with Crippen LogP contribution in [0, 0.1) is 0 Å². The van der Waals surface area contributed by atoms with Crippen molar-refractivity contribution in [2.75, 3.05) is 13.2 Å². The first-order valence-electron chi connectivity index (χ1n) is 25.3. The summed E-state index contributed by atoms with van der Waals surface area (Å²) in [4.78, 5) is 37.9. The van der Waals surface area contributed by atoms with Gasteiger partial charge >= 0.3 is 17.9 Å². The summed E-state index contributed by atoms with van der Waals surface area (Å²) in [6.07, 6.45) is 59.1. The number of ether oxygens (including phenoxy) is 3. The van der Waals surface area contributed by atoms with E-state index in [2.05, 4.69) is 81.5 Å². The lowest BCUT2D eigenvalue weighted by Crippen LogP contribution is -2.30. The highest BCUT2D eigenvalue weighted by Gasteiger charge is 2.19. The molecule has 6 nitrogen and oxygen atoms in total. The minimum atomic E-state index is -0.787. The van der Waals surface area contributed by atoms with Crippen molar-refractivity contribution in [1.29, 1.82) is 0 Å². The summed E-state index contributed by atoms with van der Waals surface area (Å²) in [6.45, 7) is 6.53. The van der Waals surface area contributed by atoms with Gasteiger partial charge in [-0.25, -0.2) is 0 Å². The molecule has 0 N–H and O–H groups in total. The molecule has 6 heteroatoms. The van der Waals surface area contributed by atoms with Crippen molar-refractivity contribution in [1.82, 2.24) is 0 Å². The Kier molecular flexibility index (Phi) is 46.4. The SMILES string of the molecule is CCCC/C=C\C/C=C\CCCCCCCC(=O)O[C@@H](COC(=O)CCCCCC/C=C\C/C=C\C/C=C\CCCCC)COC(=O)CCCCCCCCCCCCC. The number of hydrogen-bond donors (Lipinski definition) is 0. The van der Waals surface area contributed by atoms with Crippen LogP contribution in [0.4, 0.5) is 0 Å². The number of carbonyl (C=O) groups excluding carboxylic acids is 3. The molecule has 0 aromatic heterocycles. The topological polar surface area (TPSA) is 78.9 Å². The van der Waals surface area contributed by atoms with E-state index in [4.69, 9.17) is 14.2 Å². The minimum absolute atomic E-state index is 0.0859. The van der Waals surface area contributed by atoms with Crippen LogP contribution in [0.5, 0.6) is 0 Å². The van der Waals surface area contributed by atoms with Crippen LogP contribution in [0.15, 0.2) is 60.8 Å². The average Bonchev–Trinajstić information content (AvgIpc) is 3.24. The lowest BCUT2D eigenvalue weighted by atomic mass is 10.1. The zero-order valence-corrected chi connectivity index (χ0v) is 39.5. The number of unbranched alkanes of at least 4 members (excludes halogenated alkanes) is 24. The van der Waals surface area contributed by atoms with Crippen LogP contribution in [0.3, 0.4) is 0 Å². The monoisotopic (exact) mass is 839 g/mol. The zero-order chi connectivity index (χ0) is 43.7. The van der Waals surface area contributed by atoms with Crippen molar-refractivity contribution in [3.05, 3.63) is 60.8 Å². The molecule has 0 radical (unpaired) electrons. The number of allylic oxidation sites excluding steroid dienone is 10. The Morgan fingerprint density at radius 3 is 1.02 bits per heavy atom. The molecule has 0 unspecified atom stereocenters. The Labute approximate surface area is 370 Å². The van der Waals surface area contributed by atoms with Gasteiger partial charge in [0.1, 0.15) is 13.2 Å². The lowest BCUT2D eigenvalue weighted by Gasteiger charge is -2.18. The largest absolute Gasteiger partial charge is 0.462 e. The predicted molar refractivity (Wildman–Crippen MR) is 256 cm³/mol. The molecule has 0 spiro atoms. The highest BCUT2D eigenvalue weighted by atomic mass is 16.6. The van der Waals surface area contributed by atoms with Gasteiger partial charge in [-0.3, -0.25) is 14.4 Å². The molecule has 0 aliphatic rings. The molecule has 0 saturated heterocycles. The summed E-state index contributed by atoms with van der Waals surface area (Å²) in [6, 6.07) is 0. The summed E-state index contributed by atoms with van der Waals surface area (Å²) < 4.78 is 16.7. The van der Waals surface area contributed by atoms with Gasteiger partial charge in [-0.15, -0.1) is 0 Å². The standard InChI is InChI=1S/C54H94O6/c1-4-7-10-13-16-19-22-24-26-27-28-30-32-35-38-41-44-47-53(56)59-50-51(49-58-52(55)46-43-40-37-34-31-21-18-15-12-9-6-3)60-54(57)48-45-42-39-36-33-29-25-23-20-17-14-11-8-5-2/h14,16-17,19,23-26,28,30,51H,4-13,15,18,20-22,27,29,31-50H2,1-3H3/b17-14-,19-16-,25-23-,26-24-,30-28-/t51-/m1/s1. The molecule has 0 aliphatic carbocycles.